The Hall–Kier alpha value is -2.78. The maximum absolute atomic E-state index is 12.3. The minimum Gasteiger partial charge on any atom is -0.452 e. The van der Waals surface area contributed by atoms with E-state index in [0.717, 1.165) is 12.1 Å². The molecular weight excluding hydrogens is 424 g/mol. The third-order valence-corrected chi connectivity index (χ3v) is 3.99. The molecule has 2 amide bonds. The van der Waals surface area contributed by atoms with Crippen LogP contribution in [-0.2, 0) is 14.3 Å². The van der Waals surface area contributed by atoms with Gasteiger partial charge in [0.2, 0.25) is 0 Å². The fourth-order valence-electron chi connectivity index (χ4n) is 1.93. The van der Waals surface area contributed by atoms with E-state index in [1.165, 1.54) is 24.3 Å². The van der Waals surface area contributed by atoms with Crippen LogP contribution in [0.5, 0.6) is 0 Å². The number of alkyl halides is 3. The van der Waals surface area contributed by atoms with Gasteiger partial charge in [0.25, 0.3) is 5.91 Å². The van der Waals surface area contributed by atoms with Crippen molar-refractivity contribution in [1.29, 1.82) is 0 Å². The Balaban J connectivity index is 1.96. The van der Waals surface area contributed by atoms with Gasteiger partial charge < -0.3 is 15.4 Å². The molecule has 6 nitrogen and oxygen atoms in total. The average molecular weight is 435 g/mol. The predicted octanol–water partition coefficient (Wildman–Crippen LogP) is 4.29. The van der Waals surface area contributed by atoms with Crippen LogP contribution in [0.4, 0.5) is 24.5 Å². The molecule has 148 valence electrons. The molecule has 2 rings (SSSR count). The summed E-state index contributed by atoms with van der Waals surface area (Å²) in [7, 11) is 0. The monoisotopic (exact) mass is 434 g/mol. The first-order chi connectivity index (χ1) is 13.1. The molecule has 0 radical (unpaired) electrons. The van der Waals surface area contributed by atoms with Gasteiger partial charge in [-0.05, 0) is 30.3 Å². The molecule has 0 bridgehead atoms. The second-order valence-corrected chi connectivity index (χ2v) is 6.04. The lowest BCUT2D eigenvalue weighted by atomic mass is 10.2. The molecule has 0 aliphatic carbocycles. The second-order valence-electron chi connectivity index (χ2n) is 5.26. The first kappa shape index (κ1) is 21.5. The highest BCUT2D eigenvalue weighted by Crippen LogP contribution is 2.29. The highest BCUT2D eigenvalue weighted by molar-refractivity contribution is 6.44. The van der Waals surface area contributed by atoms with Crippen LogP contribution in [0.2, 0.25) is 10.0 Å². The molecule has 2 aromatic rings. The van der Waals surface area contributed by atoms with Crippen molar-refractivity contribution >= 4 is 52.4 Å². The van der Waals surface area contributed by atoms with Gasteiger partial charge in [-0.1, -0.05) is 35.3 Å². The van der Waals surface area contributed by atoms with Crippen LogP contribution in [0.3, 0.4) is 0 Å². The van der Waals surface area contributed by atoms with Crippen LogP contribution in [0.25, 0.3) is 0 Å². The number of hydrogen-bond acceptors (Lipinski definition) is 4. The third-order valence-electron chi connectivity index (χ3n) is 3.17. The lowest BCUT2D eigenvalue weighted by Gasteiger charge is -2.10. The maximum atomic E-state index is 12.3. The summed E-state index contributed by atoms with van der Waals surface area (Å²) < 4.78 is 41.6. The number of rotatable bonds is 5. The quantitative estimate of drug-likeness (QED) is 0.687. The van der Waals surface area contributed by atoms with Crippen LogP contribution in [0.1, 0.15) is 10.4 Å². The maximum Gasteiger partial charge on any atom is 0.471 e. The molecule has 0 heterocycles. The number of amides is 2. The first-order valence-electron chi connectivity index (χ1n) is 7.47. The Morgan fingerprint density at radius 3 is 2.36 bits per heavy atom. The zero-order valence-corrected chi connectivity index (χ0v) is 15.3. The summed E-state index contributed by atoms with van der Waals surface area (Å²) in [6.07, 6.45) is -5.07. The van der Waals surface area contributed by atoms with Gasteiger partial charge in [0.05, 0.1) is 21.3 Å². The van der Waals surface area contributed by atoms with Gasteiger partial charge in [0.1, 0.15) is 0 Å². The van der Waals surface area contributed by atoms with E-state index in [1.54, 1.807) is 11.4 Å². The Labute approximate surface area is 166 Å². The summed E-state index contributed by atoms with van der Waals surface area (Å²) in [5, 5.41) is 4.33. The number of esters is 1. The highest BCUT2D eigenvalue weighted by Gasteiger charge is 2.38. The molecule has 2 N–H and O–H groups in total. The highest BCUT2D eigenvalue weighted by atomic mass is 35.5. The SMILES string of the molecule is O=C(COC(=O)c1cccc(NC(=O)C(F)(F)F)c1)Nc1cccc(Cl)c1Cl. The minimum absolute atomic E-state index is 0.108. The molecule has 11 heteroatoms. The number of nitrogens with one attached hydrogen (secondary N) is 2. The summed E-state index contributed by atoms with van der Waals surface area (Å²) in [6.45, 7) is -0.680. The number of anilines is 2. The lowest BCUT2D eigenvalue weighted by Crippen LogP contribution is -2.30. The van der Waals surface area contributed by atoms with Crippen molar-refractivity contribution in [3.05, 3.63) is 58.1 Å². The van der Waals surface area contributed by atoms with Crippen molar-refractivity contribution < 1.29 is 32.3 Å². The van der Waals surface area contributed by atoms with Crippen LogP contribution in [0, 0.1) is 0 Å². The predicted molar refractivity (Wildman–Crippen MR) is 96.5 cm³/mol. The van der Waals surface area contributed by atoms with E-state index < -0.39 is 30.6 Å². The summed E-state index contributed by atoms with van der Waals surface area (Å²) in [6, 6.07) is 9.19. The first-order valence-corrected chi connectivity index (χ1v) is 8.22. The smallest absolute Gasteiger partial charge is 0.452 e. The van der Waals surface area contributed by atoms with Crippen molar-refractivity contribution in [2.24, 2.45) is 0 Å². The Bertz CT molecular complexity index is 920. The molecule has 2 aromatic carbocycles. The van der Waals surface area contributed by atoms with Crippen molar-refractivity contribution in [1.82, 2.24) is 0 Å². The van der Waals surface area contributed by atoms with Crippen molar-refractivity contribution in [3.63, 3.8) is 0 Å². The normalized spacial score (nSPS) is 10.9. The molecular formula is C17H11Cl2F3N2O4. The molecule has 0 saturated heterocycles. The van der Waals surface area contributed by atoms with Gasteiger partial charge in [-0.25, -0.2) is 4.79 Å². The number of benzene rings is 2. The number of halogens is 5. The van der Waals surface area contributed by atoms with E-state index >= 15 is 0 Å². The summed E-state index contributed by atoms with van der Waals surface area (Å²) in [5.41, 5.74) is -0.201. The van der Waals surface area contributed by atoms with Gasteiger partial charge in [0.15, 0.2) is 6.61 Å². The molecule has 0 saturated carbocycles. The Morgan fingerprint density at radius 1 is 1.00 bits per heavy atom. The number of carbonyl (C=O) groups excluding carboxylic acids is 3. The summed E-state index contributed by atoms with van der Waals surface area (Å²) in [4.78, 5) is 34.8. The standard InChI is InChI=1S/C17H11Cl2F3N2O4/c18-11-5-2-6-12(14(11)19)24-13(25)8-28-15(26)9-3-1-4-10(7-9)23-16(27)17(20,21)22/h1-7H,8H2,(H,23,27)(H,24,25). The molecule has 0 aliphatic rings. The van der Waals surface area contributed by atoms with E-state index in [9.17, 15) is 27.6 Å². The summed E-state index contributed by atoms with van der Waals surface area (Å²) >= 11 is 11.7. The summed E-state index contributed by atoms with van der Waals surface area (Å²) in [5.74, 6) is -3.87. The molecule has 28 heavy (non-hydrogen) atoms. The van der Waals surface area contributed by atoms with E-state index in [0.29, 0.717) is 0 Å². The lowest BCUT2D eigenvalue weighted by molar-refractivity contribution is -0.167. The number of ether oxygens (including phenoxy) is 1. The van der Waals surface area contributed by atoms with Crippen molar-refractivity contribution in [3.8, 4) is 0 Å². The van der Waals surface area contributed by atoms with Crippen molar-refractivity contribution in [2.75, 3.05) is 17.2 Å². The van der Waals surface area contributed by atoms with Crippen LogP contribution < -0.4 is 10.6 Å². The van der Waals surface area contributed by atoms with E-state index in [1.807, 2.05) is 0 Å². The van der Waals surface area contributed by atoms with Crippen LogP contribution >= 0.6 is 23.2 Å². The van der Waals surface area contributed by atoms with Gasteiger partial charge in [0, 0.05) is 5.69 Å². The van der Waals surface area contributed by atoms with Crippen LogP contribution in [0.15, 0.2) is 42.5 Å². The number of carbonyl (C=O) groups is 3. The molecule has 0 aromatic heterocycles. The topological polar surface area (TPSA) is 84.5 Å². The Kier molecular flexibility index (Phi) is 6.87. The fourth-order valence-corrected chi connectivity index (χ4v) is 2.27. The zero-order valence-electron chi connectivity index (χ0n) is 13.8. The molecule has 0 unspecified atom stereocenters. The molecule has 0 fully saturated rings. The van der Waals surface area contributed by atoms with Crippen LogP contribution in [-0.4, -0.2) is 30.6 Å². The molecule has 0 atom stereocenters. The number of hydrogen-bond donors (Lipinski definition) is 2. The minimum atomic E-state index is -5.07. The van der Waals surface area contributed by atoms with E-state index in [-0.39, 0.29) is 27.0 Å². The third kappa shape index (κ3) is 5.86. The second kappa shape index (κ2) is 8.94. The van der Waals surface area contributed by atoms with Gasteiger partial charge >= 0.3 is 18.1 Å². The fraction of sp³-hybridized carbons (Fsp3) is 0.118. The molecule has 0 spiro atoms. The average Bonchev–Trinajstić information content (AvgIpc) is 2.63. The van der Waals surface area contributed by atoms with E-state index in [4.69, 9.17) is 27.9 Å². The zero-order chi connectivity index (χ0) is 20.9. The van der Waals surface area contributed by atoms with Gasteiger partial charge in [-0.3, -0.25) is 9.59 Å². The molecule has 0 aliphatic heterocycles. The van der Waals surface area contributed by atoms with E-state index in [2.05, 4.69) is 5.32 Å². The van der Waals surface area contributed by atoms with Gasteiger partial charge in [-0.15, -0.1) is 0 Å². The Morgan fingerprint density at radius 2 is 1.68 bits per heavy atom. The largest absolute Gasteiger partial charge is 0.471 e. The van der Waals surface area contributed by atoms with Crippen molar-refractivity contribution in [2.45, 2.75) is 6.18 Å². The van der Waals surface area contributed by atoms with Gasteiger partial charge in [-0.2, -0.15) is 13.2 Å².